The van der Waals surface area contributed by atoms with Gasteiger partial charge in [-0.3, -0.25) is 14.5 Å². The molecular formula is C24H28N2O4. The van der Waals surface area contributed by atoms with Gasteiger partial charge in [-0.25, -0.2) is 0 Å². The van der Waals surface area contributed by atoms with Crippen molar-refractivity contribution in [1.82, 2.24) is 4.90 Å². The average Bonchev–Trinajstić information content (AvgIpc) is 2.97. The van der Waals surface area contributed by atoms with Crippen LogP contribution < -0.4 is 10.1 Å². The van der Waals surface area contributed by atoms with Gasteiger partial charge < -0.3 is 14.8 Å². The summed E-state index contributed by atoms with van der Waals surface area (Å²) in [6.07, 6.45) is 0.695. The molecule has 30 heavy (non-hydrogen) atoms. The number of ether oxygens (including phenoxy) is 2. The van der Waals surface area contributed by atoms with Crippen LogP contribution in [0, 0.1) is 0 Å². The predicted molar refractivity (Wildman–Crippen MR) is 117 cm³/mol. The molecule has 0 aliphatic carbocycles. The molecule has 0 unspecified atom stereocenters. The summed E-state index contributed by atoms with van der Waals surface area (Å²) in [5, 5.41) is 3.17. The van der Waals surface area contributed by atoms with Crippen molar-refractivity contribution in [2.75, 3.05) is 25.1 Å². The molecule has 0 atom stereocenters. The molecule has 1 N–H and O–H groups in total. The van der Waals surface area contributed by atoms with Crippen LogP contribution in [0.4, 0.5) is 5.69 Å². The molecule has 1 aliphatic heterocycles. The first kappa shape index (κ1) is 21.6. The Balaban J connectivity index is 1.91. The van der Waals surface area contributed by atoms with E-state index in [4.69, 9.17) is 9.47 Å². The van der Waals surface area contributed by atoms with E-state index in [1.807, 2.05) is 75.4 Å². The molecule has 3 rings (SSSR count). The maximum atomic E-state index is 13.2. The molecule has 2 aromatic rings. The van der Waals surface area contributed by atoms with E-state index in [0.717, 1.165) is 0 Å². The molecule has 2 aromatic carbocycles. The van der Waals surface area contributed by atoms with Gasteiger partial charge in [0, 0.05) is 13.2 Å². The lowest BCUT2D eigenvalue weighted by Gasteiger charge is -2.16. The lowest BCUT2D eigenvalue weighted by atomic mass is 10.0. The van der Waals surface area contributed by atoms with Gasteiger partial charge in [0.15, 0.2) is 0 Å². The Morgan fingerprint density at radius 2 is 1.67 bits per heavy atom. The van der Waals surface area contributed by atoms with Crippen molar-refractivity contribution in [1.29, 1.82) is 0 Å². The molecule has 0 bridgehead atoms. The summed E-state index contributed by atoms with van der Waals surface area (Å²) in [6, 6.07) is 16.6. The number of para-hydroxylation sites is 2. The molecule has 158 valence electrons. The van der Waals surface area contributed by atoms with E-state index in [2.05, 4.69) is 5.32 Å². The Hall–Kier alpha value is -3.12. The maximum Gasteiger partial charge on any atom is 0.278 e. The van der Waals surface area contributed by atoms with E-state index in [0.29, 0.717) is 48.8 Å². The fourth-order valence-corrected chi connectivity index (χ4v) is 3.30. The number of carbonyl (C=O) groups is 2. The van der Waals surface area contributed by atoms with E-state index < -0.39 is 0 Å². The third-order valence-corrected chi connectivity index (χ3v) is 4.65. The first-order valence-electron chi connectivity index (χ1n) is 10.3. The Bertz CT molecular complexity index is 922. The summed E-state index contributed by atoms with van der Waals surface area (Å²) in [5.74, 6) is -0.00853. The number of hydrogen-bond donors (Lipinski definition) is 1. The van der Waals surface area contributed by atoms with Crippen LogP contribution in [0.2, 0.25) is 0 Å². The lowest BCUT2D eigenvalue weighted by Crippen LogP contribution is -2.34. The molecule has 6 nitrogen and oxygen atoms in total. The van der Waals surface area contributed by atoms with E-state index in [1.165, 1.54) is 4.90 Å². The highest BCUT2D eigenvalue weighted by Gasteiger charge is 2.39. The molecule has 0 fully saturated rings. The zero-order chi connectivity index (χ0) is 21.5. The van der Waals surface area contributed by atoms with Crippen molar-refractivity contribution >= 4 is 23.1 Å². The van der Waals surface area contributed by atoms with Gasteiger partial charge in [0.05, 0.1) is 24.0 Å². The van der Waals surface area contributed by atoms with Crippen LogP contribution in [-0.4, -0.2) is 42.6 Å². The minimum atomic E-state index is -0.338. The van der Waals surface area contributed by atoms with Crippen molar-refractivity contribution < 1.29 is 19.1 Å². The monoisotopic (exact) mass is 408 g/mol. The molecule has 0 spiro atoms. The third kappa shape index (κ3) is 4.89. The number of benzene rings is 2. The molecule has 1 aliphatic rings. The molecule has 0 aromatic heterocycles. The highest BCUT2D eigenvalue weighted by Crippen LogP contribution is 2.33. The van der Waals surface area contributed by atoms with Gasteiger partial charge in [0.1, 0.15) is 11.4 Å². The normalized spacial score (nSPS) is 14.1. The van der Waals surface area contributed by atoms with E-state index >= 15 is 0 Å². The predicted octanol–water partition coefficient (Wildman–Crippen LogP) is 4.09. The number of nitrogens with one attached hydrogen (secondary N) is 1. The highest BCUT2D eigenvalue weighted by molar-refractivity contribution is 6.36. The van der Waals surface area contributed by atoms with Gasteiger partial charge in [0.25, 0.3) is 11.8 Å². The van der Waals surface area contributed by atoms with Gasteiger partial charge in [-0.1, -0.05) is 42.5 Å². The SMILES string of the molecule is CCOc1ccccc1NC1=C(c2ccccc2)C(=O)N(CCCOC(C)C)C1=O. The summed E-state index contributed by atoms with van der Waals surface area (Å²) >= 11 is 0. The number of anilines is 1. The second kappa shape index (κ2) is 10.1. The van der Waals surface area contributed by atoms with E-state index in [9.17, 15) is 9.59 Å². The first-order valence-corrected chi connectivity index (χ1v) is 10.3. The zero-order valence-corrected chi connectivity index (χ0v) is 17.7. The van der Waals surface area contributed by atoms with Crippen LogP contribution >= 0.6 is 0 Å². The Morgan fingerprint density at radius 1 is 0.967 bits per heavy atom. The van der Waals surface area contributed by atoms with E-state index in [1.54, 1.807) is 0 Å². The topological polar surface area (TPSA) is 67.9 Å². The molecular weight excluding hydrogens is 380 g/mol. The third-order valence-electron chi connectivity index (χ3n) is 4.65. The van der Waals surface area contributed by atoms with Crippen molar-refractivity contribution in [2.45, 2.75) is 33.3 Å². The minimum absolute atomic E-state index is 0.111. The zero-order valence-electron chi connectivity index (χ0n) is 17.7. The summed E-state index contributed by atoms with van der Waals surface area (Å²) < 4.78 is 11.2. The molecule has 6 heteroatoms. The summed E-state index contributed by atoms with van der Waals surface area (Å²) in [6.45, 7) is 7.11. The summed E-state index contributed by atoms with van der Waals surface area (Å²) in [4.78, 5) is 27.7. The minimum Gasteiger partial charge on any atom is -0.492 e. The van der Waals surface area contributed by atoms with Gasteiger partial charge >= 0.3 is 0 Å². The van der Waals surface area contributed by atoms with Crippen molar-refractivity contribution in [3.8, 4) is 5.75 Å². The largest absolute Gasteiger partial charge is 0.492 e. The quantitative estimate of drug-likeness (QED) is 0.474. The van der Waals surface area contributed by atoms with Gasteiger partial charge in [-0.15, -0.1) is 0 Å². The van der Waals surface area contributed by atoms with E-state index in [-0.39, 0.29) is 23.6 Å². The average molecular weight is 408 g/mol. The van der Waals surface area contributed by atoms with Crippen molar-refractivity contribution in [3.05, 3.63) is 65.9 Å². The molecule has 0 saturated heterocycles. The standard InChI is InChI=1S/C24H28N2O4/c1-4-29-20-14-9-8-13-19(20)25-22-21(18-11-6-5-7-12-18)23(27)26(24(22)28)15-10-16-30-17(2)3/h5-9,11-14,17,25H,4,10,15-16H2,1-3H3. The van der Waals surface area contributed by atoms with Crippen molar-refractivity contribution in [2.24, 2.45) is 0 Å². The van der Waals surface area contributed by atoms with Gasteiger partial charge in [-0.2, -0.15) is 0 Å². The van der Waals surface area contributed by atoms with Crippen molar-refractivity contribution in [3.63, 3.8) is 0 Å². The number of amides is 2. The number of carbonyl (C=O) groups excluding carboxylic acids is 2. The number of nitrogens with zero attached hydrogens (tertiary/aromatic N) is 1. The molecule has 0 radical (unpaired) electrons. The second-order valence-electron chi connectivity index (χ2n) is 7.21. The van der Waals surface area contributed by atoms with Crippen LogP contribution in [0.15, 0.2) is 60.3 Å². The van der Waals surface area contributed by atoms with Gasteiger partial charge in [0.2, 0.25) is 0 Å². The van der Waals surface area contributed by atoms with Crippen LogP contribution in [-0.2, 0) is 14.3 Å². The molecule has 0 saturated carbocycles. The smallest absolute Gasteiger partial charge is 0.278 e. The number of rotatable bonds is 10. The highest BCUT2D eigenvalue weighted by atomic mass is 16.5. The number of imide groups is 1. The summed E-state index contributed by atoms with van der Waals surface area (Å²) in [5.41, 5.74) is 1.99. The van der Waals surface area contributed by atoms with Gasteiger partial charge in [-0.05, 0) is 44.9 Å². The van der Waals surface area contributed by atoms with Crippen LogP contribution in [0.1, 0.15) is 32.8 Å². The Kier molecular flexibility index (Phi) is 7.25. The first-order chi connectivity index (χ1) is 14.5. The Morgan fingerprint density at radius 3 is 2.37 bits per heavy atom. The molecule has 1 heterocycles. The molecule has 2 amide bonds. The van der Waals surface area contributed by atoms with Crippen LogP contribution in [0.25, 0.3) is 5.57 Å². The van der Waals surface area contributed by atoms with Crippen LogP contribution in [0.5, 0.6) is 5.75 Å². The number of hydrogen-bond acceptors (Lipinski definition) is 5. The van der Waals surface area contributed by atoms with Crippen LogP contribution in [0.3, 0.4) is 0 Å². The summed E-state index contributed by atoms with van der Waals surface area (Å²) in [7, 11) is 0. The Labute approximate surface area is 177 Å². The second-order valence-corrected chi connectivity index (χ2v) is 7.21. The lowest BCUT2D eigenvalue weighted by molar-refractivity contribution is -0.137. The fraction of sp³-hybridized carbons (Fsp3) is 0.333. The maximum absolute atomic E-state index is 13.2. The fourth-order valence-electron chi connectivity index (χ4n) is 3.30.